The number of carbonyl (C=O) groups is 2. The van der Waals surface area contributed by atoms with Gasteiger partial charge in [0, 0.05) is 6.42 Å². The van der Waals surface area contributed by atoms with Crippen molar-refractivity contribution in [2.75, 3.05) is 0 Å². The fraction of sp³-hybridized carbons (Fsp3) is 0.467. The predicted molar refractivity (Wildman–Crippen MR) is 75.1 cm³/mol. The summed E-state index contributed by atoms with van der Waals surface area (Å²) in [5.41, 5.74) is 0.894. The summed E-state index contributed by atoms with van der Waals surface area (Å²) < 4.78 is 0. The van der Waals surface area contributed by atoms with Crippen molar-refractivity contribution in [1.82, 2.24) is 10.6 Å². The lowest BCUT2D eigenvalue weighted by Crippen LogP contribution is -2.63. The molecule has 1 aromatic rings. The molecule has 3 atom stereocenters. The minimum atomic E-state index is -0.549. The second-order valence-corrected chi connectivity index (χ2v) is 5.30. The lowest BCUT2D eigenvalue weighted by atomic mass is 9.94. The Labute approximate surface area is 118 Å². The van der Waals surface area contributed by atoms with Crippen LogP contribution in [0.1, 0.15) is 25.8 Å². The minimum Gasteiger partial charge on any atom is -0.508 e. The third-order valence-corrected chi connectivity index (χ3v) is 3.80. The Bertz CT molecular complexity index is 498. The number of carbonyl (C=O) groups excluding carboxylic acids is 2. The van der Waals surface area contributed by atoms with Crippen molar-refractivity contribution in [1.29, 1.82) is 0 Å². The van der Waals surface area contributed by atoms with Gasteiger partial charge in [0.25, 0.3) is 0 Å². The monoisotopic (exact) mass is 276 g/mol. The van der Waals surface area contributed by atoms with Gasteiger partial charge in [0.1, 0.15) is 17.8 Å². The van der Waals surface area contributed by atoms with Crippen LogP contribution in [0.5, 0.6) is 5.75 Å². The van der Waals surface area contributed by atoms with Crippen LogP contribution in [-0.2, 0) is 16.0 Å². The zero-order valence-electron chi connectivity index (χ0n) is 11.7. The number of hydrogen-bond acceptors (Lipinski definition) is 3. The van der Waals surface area contributed by atoms with E-state index in [0.29, 0.717) is 6.42 Å². The first-order valence-electron chi connectivity index (χ1n) is 6.90. The van der Waals surface area contributed by atoms with Gasteiger partial charge in [0.2, 0.25) is 11.8 Å². The molecule has 0 saturated carbocycles. The topological polar surface area (TPSA) is 78.4 Å². The summed E-state index contributed by atoms with van der Waals surface area (Å²) in [6.07, 6.45) is 1.26. The Balaban J connectivity index is 2.03. The molecule has 0 bridgehead atoms. The molecule has 5 nitrogen and oxygen atoms in total. The summed E-state index contributed by atoms with van der Waals surface area (Å²) in [5, 5.41) is 14.8. The first-order chi connectivity index (χ1) is 9.51. The summed E-state index contributed by atoms with van der Waals surface area (Å²) in [6.45, 7) is 3.94. The van der Waals surface area contributed by atoms with E-state index in [2.05, 4.69) is 10.6 Å². The smallest absolute Gasteiger partial charge is 0.243 e. The highest BCUT2D eigenvalue weighted by Gasteiger charge is 2.35. The first-order valence-corrected chi connectivity index (χ1v) is 6.90. The van der Waals surface area contributed by atoms with Gasteiger partial charge in [0.05, 0.1) is 0 Å². The maximum Gasteiger partial charge on any atom is 0.243 e. The summed E-state index contributed by atoms with van der Waals surface area (Å²) >= 11 is 0. The number of phenolic OH excluding ortho intramolecular Hbond substituents is 1. The van der Waals surface area contributed by atoms with Crippen LogP contribution in [0.3, 0.4) is 0 Å². The molecular formula is C15H20N2O3. The maximum atomic E-state index is 12.1. The van der Waals surface area contributed by atoms with Crippen LogP contribution in [0.15, 0.2) is 24.3 Å². The Morgan fingerprint density at radius 2 is 1.80 bits per heavy atom. The largest absolute Gasteiger partial charge is 0.508 e. The molecule has 3 N–H and O–H groups in total. The van der Waals surface area contributed by atoms with Gasteiger partial charge in [0.15, 0.2) is 0 Å². The van der Waals surface area contributed by atoms with Crippen LogP contribution >= 0.6 is 0 Å². The van der Waals surface area contributed by atoms with E-state index in [1.54, 1.807) is 24.3 Å². The minimum absolute atomic E-state index is 0.119. The van der Waals surface area contributed by atoms with Crippen molar-refractivity contribution >= 4 is 11.8 Å². The molecule has 1 aliphatic rings. The van der Waals surface area contributed by atoms with E-state index >= 15 is 0 Å². The number of piperazine rings is 1. The van der Waals surface area contributed by atoms with E-state index in [1.807, 2.05) is 13.8 Å². The van der Waals surface area contributed by atoms with E-state index in [9.17, 15) is 14.7 Å². The van der Waals surface area contributed by atoms with E-state index in [-0.39, 0.29) is 23.5 Å². The average Bonchev–Trinajstić information content (AvgIpc) is 2.44. The van der Waals surface area contributed by atoms with Crippen LogP contribution < -0.4 is 10.6 Å². The van der Waals surface area contributed by atoms with Gasteiger partial charge in [-0.1, -0.05) is 32.4 Å². The van der Waals surface area contributed by atoms with Crippen LogP contribution in [0.2, 0.25) is 0 Å². The third-order valence-electron chi connectivity index (χ3n) is 3.80. The number of phenols is 1. The van der Waals surface area contributed by atoms with Gasteiger partial charge >= 0.3 is 0 Å². The standard InChI is InChI=1S/C15H20N2O3/c1-3-9(2)13-15(20)16-12(14(19)17-13)8-10-4-6-11(18)7-5-10/h4-7,9,12-13,18H,3,8H2,1-2H3,(H,16,20)(H,17,19). The number of benzene rings is 1. The number of aromatic hydroxyl groups is 1. The molecule has 1 aromatic carbocycles. The Hall–Kier alpha value is -2.04. The second-order valence-electron chi connectivity index (χ2n) is 5.30. The molecule has 108 valence electrons. The Kier molecular flexibility index (Phi) is 4.27. The van der Waals surface area contributed by atoms with Gasteiger partial charge in [-0.25, -0.2) is 0 Å². The molecule has 1 aliphatic heterocycles. The fourth-order valence-corrected chi connectivity index (χ4v) is 2.29. The van der Waals surface area contributed by atoms with Crippen LogP contribution in [0, 0.1) is 5.92 Å². The molecule has 1 heterocycles. The van der Waals surface area contributed by atoms with Gasteiger partial charge < -0.3 is 15.7 Å². The molecule has 0 aromatic heterocycles. The van der Waals surface area contributed by atoms with Crippen molar-refractivity contribution in [2.24, 2.45) is 5.92 Å². The van der Waals surface area contributed by atoms with Crippen molar-refractivity contribution in [3.8, 4) is 5.75 Å². The highest BCUT2D eigenvalue weighted by Crippen LogP contribution is 2.15. The lowest BCUT2D eigenvalue weighted by molar-refractivity contribution is -0.138. The zero-order valence-corrected chi connectivity index (χ0v) is 11.7. The highest BCUT2D eigenvalue weighted by atomic mass is 16.3. The molecule has 0 spiro atoms. The highest BCUT2D eigenvalue weighted by molar-refractivity contribution is 5.97. The van der Waals surface area contributed by atoms with Gasteiger partial charge in [-0.05, 0) is 23.6 Å². The van der Waals surface area contributed by atoms with E-state index < -0.39 is 12.1 Å². The second kappa shape index (κ2) is 5.94. The van der Waals surface area contributed by atoms with Crippen LogP contribution in [0.4, 0.5) is 0 Å². The summed E-state index contributed by atoms with van der Waals surface area (Å²) in [7, 11) is 0. The van der Waals surface area contributed by atoms with Crippen molar-refractivity contribution in [3.63, 3.8) is 0 Å². The number of rotatable bonds is 4. The van der Waals surface area contributed by atoms with Crippen molar-refractivity contribution < 1.29 is 14.7 Å². The molecule has 20 heavy (non-hydrogen) atoms. The average molecular weight is 276 g/mol. The maximum absolute atomic E-state index is 12.1. The quantitative estimate of drug-likeness (QED) is 0.766. The van der Waals surface area contributed by atoms with Crippen LogP contribution in [-0.4, -0.2) is 29.0 Å². The number of amides is 2. The molecule has 1 fully saturated rings. The molecule has 1 saturated heterocycles. The number of nitrogens with one attached hydrogen (secondary N) is 2. The molecule has 2 rings (SSSR count). The van der Waals surface area contributed by atoms with E-state index in [0.717, 1.165) is 12.0 Å². The van der Waals surface area contributed by atoms with Crippen molar-refractivity contribution in [3.05, 3.63) is 29.8 Å². The SMILES string of the molecule is CCC(C)C1NC(=O)C(Cc2ccc(O)cc2)NC1=O. The summed E-state index contributed by atoms with van der Waals surface area (Å²) in [5.74, 6) is 0.0296. The van der Waals surface area contributed by atoms with E-state index in [1.165, 1.54) is 0 Å². The fourth-order valence-electron chi connectivity index (χ4n) is 2.29. The summed E-state index contributed by atoms with van der Waals surface area (Å²) in [4.78, 5) is 24.1. The van der Waals surface area contributed by atoms with E-state index in [4.69, 9.17) is 0 Å². The molecule has 2 amide bonds. The predicted octanol–water partition coefficient (Wildman–Crippen LogP) is 0.964. The molecule has 3 unspecified atom stereocenters. The first kappa shape index (κ1) is 14.4. The van der Waals surface area contributed by atoms with Gasteiger partial charge in [-0.15, -0.1) is 0 Å². The van der Waals surface area contributed by atoms with Crippen LogP contribution in [0.25, 0.3) is 0 Å². The third kappa shape index (κ3) is 3.10. The summed E-state index contributed by atoms with van der Waals surface area (Å²) in [6, 6.07) is 5.64. The normalized spacial score (nSPS) is 23.9. The Morgan fingerprint density at radius 1 is 1.15 bits per heavy atom. The number of hydrogen-bond donors (Lipinski definition) is 3. The molecule has 5 heteroatoms. The van der Waals surface area contributed by atoms with Crippen molar-refractivity contribution in [2.45, 2.75) is 38.8 Å². The lowest BCUT2D eigenvalue weighted by Gasteiger charge is -2.32. The molecular weight excluding hydrogens is 256 g/mol. The van der Waals surface area contributed by atoms with Gasteiger partial charge in [-0.3, -0.25) is 9.59 Å². The Morgan fingerprint density at radius 3 is 2.40 bits per heavy atom. The zero-order chi connectivity index (χ0) is 14.7. The molecule has 0 radical (unpaired) electrons. The molecule has 0 aliphatic carbocycles. The van der Waals surface area contributed by atoms with Gasteiger partial charge in [-0.2, -0.15) is 0 Å².